The average Bonchev–Trinajstić information content (AvgIpc) is 3.10. The van der Waals surface area contributed by atoms with Crippen LogP contribution < -0.4 is 4.74 Å². The van der Waals surface area contributed by atoms with Crippen LogP contribution in [0.3, 0.4) is 0 Å². The zero-order chi connectivity index (χ0) is 16.7. The number of amides is 2. The van der Waals surface area contributed by atoms with Gasteiger partial charge in [-0.3, -0.25) is 9.59 Å². The molecule has 0 fully saturated rings. The fourth-order valence-electron chi connectivity index (χ4n) is 3.38. The number of ether oxygens (including phenoxy) is 1. The third-order valence-electron chi connectivity index (χ3n) is 4.73. The van der Waals surface area contributed by atoms with E-state index in [1.807, 2.05) is 41.3 Å². The number of methoxy groups -OCH3 is 1. The Bertz CT molecular complexity index is 831. The molecule has 0 saturated carbocycles. The first kappa shape index (κ1) is 14.8. The third-order valence-corrected chi connectivity index (χ3v) is 4.73. The minimum absolute atomic E-state index is 0.00746. The molecule has 0 atom stereocenters. The number of nitrogens with zero attached hydrogens (tertiary/aromatic N) is 2. The van der Waals surface area contributed by atoms with Crippen molar-refractivity contribution < 1.29 is 14.3 Å². The number of fused-ring (bicyclic) bond motifs is 2. The van der Waals surface area contributed by atoms with Gasteiger partial charge in [0.1, 0.15) is 5.75 Å². The topological polar surface area (TPSA) is 49.9 Å². The number of carbonyl (C=O) groups is 2. The van der Waals surface area contributed by atoms with Gasteiger partial charge in [-0.05, 0) is 29.3 Å². The number of hydrogen-bond acceptors (Lipinski definition) is 3. The summed E-state index contributed by atoms with van der Waals surface area (Å²) in [5.41, 5.74) is 3.55. The quantitative estimate of drug-likeness (QED) is 0.868. The number of hydrogen-bond donors (Lipinski definition) is 0. The second-order valence-electron chi connectivity index (χ2n) is 6.13. The fraction of sp³-hybridized carbons (Fsp3) is 0.263. The van der Waals surface area contributed by atoms with Gasteiger partial charge in [-0.1, -0.05) is 24.3 Å². The summed E-state index contributed by atoms with van der Waals surface area (Å²) in [5.74, 6) is 0.749. The van der Waals surface area contributed by atoms with Gasteiger partial charge in [-0.25, -0.2) is 0 Å². The van der Waals surface area contributed by atoms with Gasteiger partial charge in [-0.2, -0.15) is 0 Å². The SMILES string of the molecule is COc1ccc2c(c1)C(=O)N(CCN1Cc3ccccc3C1=O)C2. The van der Waals surface area contributed by atoms with E-state index in [4.69, 9.17) is 4.74 Å². The molecule has 24 heavy (non-hydrogen) atoms. The molecule has 2 amide bonds. The lowest BCUT2D eigenvalue weighted by Gasteiger charge is -2.21. The minimum Gasteiger partial charge on any atom is -0.497 e. The Kier molecular flexibility index (Phi) is 3.49. The molecule has 0 radical (unpaired) electrons. The van der Waals surface area contributed by atoms with Crippen molar-refractivity contribution in [3.8, 4) is 5.75 Å². The van der Waals surface area contributed by atoms with Gasteiger partial charge in [0.25, 0.3) is 11.8 Å². The van der Waals surface area contributed by atoms with Crippen LogP contribution in [-0.2, 0) is 13.1 Å². The normalized spacial score (nSPS) is 15.7. The van der Waals surface area contributed by atoms with Crippen LogP contribution in [0.2, 0.25) is 0 Å². The Morgan fingerprint density at radius 1 is 0.875 bits per heavy atom. The van der Waals surface area contributed by atoms with E-state index >= 15 is 0 Å². The van der Waals surface area contributed by atoms with Crippen molar-refractivity contribution >= 4 is 11.8 Å². The Labute approximate surface area is 140 Å². The summed E-state index contributed by atoms with van der Waals surface area (Å²) in [6.07, 6.45) is 0. The summed E-state index contributed by atoms with van der Waals surface area (Å²) in [7, 11) is 1.59. The standard InChI is InChI=1S/C19H18N2O3/c1-24-15-7-6-14-12-21(19(23)17(14)10-15)9-8-20-11-13-4-2-3-5-16(13)18(20)22/h2-7,10H,8-9,11-12H2,1H3. The molecule has 2 aliphatic rings. The molecule has 0 unspecified atom stereocenters. The van der Waals surface area contributed by atoms with E-state index in [-0.39, 0.29) is 11.8 Å². The van der Waals surface area contributed by atoms with E-state index in [1.165, 1.54) is 0 Å². The summed E-state index contributed by atoms with van der Waals surface area (Å²) in [6.45, 7) is 2.30. The van der Waals surface area contributed by atoms with Gasteiger partial charge < -0.3 is 14.5 Å². The molecule has 5 nitrogen and oxygen atoms in total. The van der Waals surface area contributed by atoms with Crippen molar-refractivity contribution in [1.29, 1.82) is 0 Å². The van der Waals surface area contributed by atoms with E-state index in [0.29, 0.717) is 37.5 Å². The van der Waals surface area contributed by atoms with Gasteiger partial charge in [0, 0.05) is 37.3 Å². The molecule has 0 aliphatic carbocycles. The van der Waals surface area contributed by atoms with Crippen LogP contribution in [0.4, 0.5) is 0 Å². The molecule has 0 spiro atoms. The van der Waals surface area contributed by atoms with Crippen molar-refractivity contribution in [3.63, 3.8) is 0 Å². The van der Waals surface area contributed by atoms with Gasteiger partial charge in [-0.15, -0.1) is 0 Å². The Morgan fingerprint density at radius 2 is 1.50 bits per heavy atom. The first-order valence-electron chi connectivity index (χ1n) is 8.01. The molecule has 0 N–H and O–H groups in total. The maximum absolute atomic E-state index is 12.5. The molecule has 0 saturated heterocycles. The molecule has 2 heterocycles. The van der Waals surface area contributed by atoms with Gasteiger partial charge in [0.2, 0.25) is 0 Å². The van der Waals surface area contributed by atoms with Crippen LogP contribution in [0, 0.1) is 0 Å². The summed E-state index contributed by atoms with van der Waals surface area (Å²) in [6, 6.07) is 13.3. The maximum Gasteiger partial charge on any atom is 0.254 e. The fourth-order valence-corrected chi connectivity index (χ4v) is 3.38. The summed E-state index contributed by atoms with van der Waals surface area (Å²) in [4.78, 5) is 28.5. The van der Waals surface area contributed by atoms with Crippen LogP contribution in [0.5, 0.6) is 5.75 Å². The average molecular weight is 322 g/mol. The molecular formula is C19H18N2O3. The van der Waals surface area contributed by atoms with Crippen molar-refractivity contribution in [1.82, 2.24) is 9.80 Å². The molecule has 2 aromatic rings. The van der Waals surface area contributed by atoms with Crippen molar-refractivity contribution in [3.05, 3.63) is 64.7 Å². The lowest BCUT2D eigenvalue weighted by atomic mass is 10.1. The van der Waals surface area contributed by atoms with Crippen molar-refractivity contribution in [2.75, 3.05) is 20.2 Å². The Hall–Kier alpha value is -2.82. The molecular weight excluding hydrogens is 304 g/mol. The van der Waals surface area contributed by atoms with Crippen molar-refractivity contribution in [2.45, 2.75) is 13.1 Å². The molecule has 0 bridgehead atoms. The smallest absolute Gasteiger partial charge is 0.254 e. The number of carbonyl (C=O) groups excluding carboxylic acids is 2. The monoisotopic (exact) mass is 322 g/mol. The van der Waals surface area contributed by atoms with Crippen molar-refractivity contribution in [2.24, 2.45) is 0 Å². The Morgan fingerprint density at radius 3 is 2.17 bits per heavy atom. The van der Waals surface area contributed by atoms with E-state index in [0.717, 1.165) is 16.7 Å². The highest BCUT2D eigenvalue weighted by molar-refractivity contribution is 5.99. The van der Waals surface area contributed by atoms with Crippen LogP contribution in [0.1, 0.15) is 31.8 Å². The van der Waals surface area contributed by atoms with Gasteiger partial charge in [0.05, 0.1) is 7.11 Å². The molecule has 122 valence electrons. The first-order valence-corrected chi connectivity index (χ1v) is 8.01. The lowest BCUT2D eigenvalue weighted by Crippen LogP contribution is -2.35. The zero-order valence-electron chi connectivity index (χ0n) is 13.5. The number of benzene rings is 2. The van der Waals surface area contributed by atoms with E-state index in [2.05, 4.69) is 0 Å². The summed E-state index contributed by atoms with van der Waals surface area (Å²) >= 11 is 0. The van der Waals surface area contributed by atoms with Gasteiger partial charge in [0.15, 0.2) is 0 Å². The predicted octanol–water partition coefficient (Wildman–Crippen LogP) is 2.31. The second-order valence-corrected chi connectivity index (χ2v) is 6.13. The van der Waals surface area contributed by atoms with E-state index < -0.39 is 0 Å². The van der Waals surface area contributed by atoms with E-state index in [9.17, 15) is 9.59 Å². The largest absolute Gasteiger partial charge is 0.497 e. The van der Waals surface area contributed by atoms with E-state index in [1.54, 1.807) is 18.1 Å². The minimum atomic E-state index is 0.00746. The van der Waals surface area contributed by atoms with Gasteiger partial charge >= 0.3 is 0 Å². The molecule has 2 aromatic carbocycles. The summed E-state index contributed by atoms with van der Waals surface area (Å²) in [5, 5.41) is 0. The van der Waals surface area contributed by atoms with Crippen LogP contribution >= 0.6 is 0 Å². The first-order chi connectivity index (χ1) is 11.7. The zero-order valence-corrected chi connectivity index (χ0v) is 13.5. The predicted molar refractivity (Wildman–Crippen MR) is 88.9 cm³/mol. The maximum atomic E-state index is 12.5. The molecule has 5 heteroatoms. The third kappa shape index (κ3) is 2.33. The molecule has 0 aromatic heterocycles. The molecule has 4 rings (SSSR count). The highest BCUT2D eigenvalue weighted by Crippen LogP contribution is 2.27. The van der Waals surface area contributed by atoms with Crippen LogP contribution in [0.25, 0.3) is 0 Å². The summed E-state index contributed by atoms with van der Waals surface area (Å²) < 4.78 is 5.19. The Balaban J connectivity index is 1.43. The van der Waals surface area contributed by atoms with Crippen LogP contribution in [-0.4, -0.2) is 41.8 Å². The highest BCUT2D eigenvalue weighted by atomic mass is 16.5. The second kappa shape index (κ2) is 5.67. The van der Waals surface area contributed by atoms with Crippen LogP contribution in [0.15, 0.2) is 42.5 Å². The molecule has 2 aliphatic heterocycles. The highest BCUT2D eigenvalue weighted by Gasteiger charge is 2.30. The lowest BCUT2D eigenvalue weighted by molar-refractivity contribution is 0.0688. The number of rotatable bonds is 4.